The van der Waals surface area contributed by atoms with Crippen LogP contribution >= 0.6 is 0 Å². The molecule has 206 valence electrons. The molecule has 1 aliphatic rings. The molecule has 0 spiro atoms. The molecule has 0 bridgehead atoms. The van der Waals surface area contributed by atoms with Crippen LogP contribution < -0.4 is 19.5 Å². The third kappa shape index (κ3) is 5.05. The lowest BCUT2D eigenvalue weighted by molar-refractivity contribution is -0.134. The number of anilines is 2. The van der Waals surface area contributed by atoms with E-state index in [0.29, 0.717) is 51.8 Å². The van der Waals surface area contributed by atoms with Crippen molar-refractivity contribution in [2.45, 2.75) is 25.3 Å². The van der Waals surface area contributed by atoms with E-state index in [4.69, 9.17) is 15.6 Å². The van der Waals surface area contributed by atoms with Crippen molar-refractivity contribution in [2.24, 2.45) is 0 Å². The Hall–Kier alpha value is -4.58. The molecular formula is C28H27F2N7O3. The molecule has 2 aromatic carbocycles. The third-order valence-electron chi connectivity index (χ3n) is 6.66. The van der Waals surface area contributed by atoms with Gasteiger partial charge in [-0.05, 0) is 43.8 Å². The average molecular weight is 549 g/mol. The third-order valence-corrected chi connectivity index (χ3v) is 6.66. The van der Waals surface area contributed by atoms with Crippen LogP contribution in [0.15, 0.2) is 61.3 Å². The average Bonchev–Trinajstić information content (AvgIpc) is 3.40. The summed E-state index contributed by atoms with van der Waals surface area (Å²) in [5.74, 6) is -1.44. The van der Waals surface area contributed by atoms with Crippen molar-refractivity contribution in [1.29, 1.82) is 0 Å². The van der Waals surface area contributed by atoms with Crippen molar-refractivity contribution in [2.75, 3.05) is 32.6 Å². The number of ether oxygens (including phenoxy) is 3. The van der Waals surface area contributed by atoms with Gasteiger partial charge in [0.15, 0.2) is 11.7 Å². The minimum absolute atomic E-state index is 0.0298. The van der Waals surface area contributed by atoms with Crippen LogP contribution in [0.5, 0.6) is 23.0 Å². The molecular weight excluding hydrogens is 520 g/mol. The molecule has 0 amide bonds. The van der Waals surface area contributed by atoms with Crippen LogP contribution in [0, 0.1) is 6.92 Å². The minimum atomic E-state index is -3.41. The second-order valence-electron chi connectivity index (χ2n) is 9.59. The van der Waals surface area contributed by atoms with Gasteiger partial charge < -0.3 is 24.4 Å². The van der Waals surface area contributed by atoms with Crippen molar-refractivity contribution >= 4 is 28.1 Å². The molecule has 5 aromatic rings. The smallest absolute Gasteiger partial charge is 0.296 e. The van der Waals surface area contributed by atoms with Crippen molar-refractivity contribution in [3.8, 4) is 23.0 Å². The molecule has 12 heteroatoms. The maximum Gasteiger partial charge on any atom is 0.296 e. The Bertz CT molecular complexity index is 1750. The second-order valence-corrected chi connectivity index (χ2v) is 9.59. The predicted molar refractivity (Wildman–Crippen MR) is 145 cm³/mol. The molecule has 6 rings (SSSR count). The number of hydrogen-bond acceptors (Lipinski definition) is 9. The highest BCUT2D eigenvalue weighted by Crippen LogP contribution is 2.39. The first kappa shape index (κ1) is 24.5. The number of halogens is 2. The molecule has 40 heavy (non-hydrogen) atoms. The first-order valence-corrected chi connectivity index (χ1v) is 12.6. The number of aromatic nitrogens is 5. The highest BCUT2D eigenvalue weighted by Gasteiger charge is 2.45. The van der Waals surface area contributed by atoms with Crippen LogP contribution in [0.1, 0.15) is 13.4 Å². The number of nitrogens with zero attached hydrogens (tertiary/aromatic N) is 6. The number of methoxy groups -OCH3 is 1. The molecule has 1 fully saturated rings. The minimum Gasteiger partial charge on any atom is -0.497 e. The van der Waals surface area contributed by atoms with Gasteiger partial charge in [0.2, 0.25) is 0 Å². The van der Waals surface area contributed by atoms with E-state index < -0.39 is 18.5 Å². The van der Waals surface area contributed by atoms with Gasteiger partial charge in [-0.2, -0.15) is 5.10 Å². The summed E-state index contributed by atoms with van der Waals surface area (Å²) < 4.78 is 57.6. The molecule has 0 radical (unpaired) electrons. The van der Waals surface area contributed by atoms with Gasteiger partial charge in [-0.25, -0.2) is 28.2 Å². The Morgan fingerprint density at radius 2 is 1.93 bits per heavy atom. The Morgan fingerprint density at radius 3 is 2.73 bits per heavy atom. The molecule has 0 saturated carbocycles. The van der Waals surface area contributed by atoms with Gasteiger partial charge in [0.05, 0.1) is 25.9 Å². The largest absolute Gasteiger partial charge is 0.497 e. The van der Waals surface area contributed by atoms with Crippen LogP contribution in [0.3, 0.4) is 0 Å². The normalized spacial score (nSPS) is 19.4. The fraction of sp³-hybridized carbons (Fsp3) is 0.286. The SMILES string of the molecule is [2H]C1(Oc2cc(OC)cc3ncnc(Nc4ccc(Oc5ccn6ncnc6c5)c(C)c4)c23)CCN(C)CC1(F)F. The molecule has 10 nitrogen and oxygen atoms in total. The molecule has 1 aliphatic heterocycles. The van der Waals surface area contributed by atoms with Gasteiger partial charge in [0.1, 0.15) is 41.5 Å². The standard InChI is InChI=1S/C28H27F2N7O3/c1-17-10-18(4-5-22(17)39-19-6-9-37-25(13-19)32-16-34-37)35-27-26-21(31-15-33-27)11-20(38-3)12-23(26)40-24-7-8-36(2)14-28(24,29)30/h4-6,9-13,15-16,24H,7-8,14H2,1-3H3,(H,31,33,35)/i24D. The fourth-order valence-corrected chi connectivity index (χ4v) is 4.63. The summed E-state index contributed by atoms with van der Waals surface area (Å²) in [6.45, 7) is 1.61. The number of likely N-dealkylation sites (tertiary alicyclic amines) is 1. The topological polar surface area (TPSA) is 98.9 Å². The van der Waals surface area contributed by atoms with Gasteiger partial charge in [-0.15, -0.1) is 0 Å². The summed E-state index contributed by atoms with van der Waals surface area (Å²) in [5.41, 5.74) is 2.59. The van der Waals surface area contributed by atoms with E-state index in [1.54, 1.807) is 36.0 Å². The van der Waals surface area contributed by atoms with Crippen LogP contribution in [-0.2, 0) is 0 Å². The van der Waals surface area contributed by atoms with Crippen molar-refractivity contribution in [3.05, 3.63) is 66.9 Å². The molecule has 1 unspecified atom stereocenters. The Balaban J connectivity index is 1.32. The van der Waals surface area contributed by atoms with E-state index >= 15 is 8.78 Å². The van der Waals surface area contributed by atoms with Crippen molar-refractivity contribution < 1.29 is 24.4 Å². The lowest BCUT2D eigenvalue weighted by Gasteiger charge is -2.36. The Kier molecular flexibility index (Phi) is 6.23. The van der Waals surface area contributed by atoms with Crippen molar-refractivity contribution in [3.63, 3.8) is 0 Å². The predicted octanol–water partition coefficient (Wildman–Crippen LogP) is 5.24. The second kappa shape index (κ2) is 10.2. The van der Waals surface area contributed by atoms with Gasteiger partial charge in [0.25, 0.3) is 5.92 Å². The van der Waals surface area contributed by atoms with E-state index in [1.807, 2.05) is 25.1 Å². The summed E-state index contributed by atoms with van der Waals surface area (Å²) in [5, 5.41) is 7.69. The fourth-order valence-electron chi connectivity index (χ4n) is 4.63. The van der Waals surface area contributed by atoms with Crippen LogP contribution in [0.25, 0.3) is 16.6 Å². The summed E-state index contributed by atoms with van der Waals surface area (Å²) in [4.78, 5) is 14.4. The molecule has 0 aliphatic carbocycles. The monoisotopic (exact) mass is 548 g/mol. The number of pyridine rings is 1. The van der Waals surface area contributed by atoms with Crippen LogP contribution in [0.4, 0.5) is 20.3 Å². The summed E-state index contributed by atoms with van der Waals surface area (Å²) >= 11 is 0. The van der Waals surface area contributed by atoms with Gasteiger partial charge in [-0.3, -0.25) is 0 Å². The zero-order valence-corrected chi connectivity index (χ0v) is 22.1. The number of benzene rings is 2. The molecule has 1 N–H and O–H groups in total. The number of hydrogen-bond donors (Lipinski definition) is 1. The van der Waals surface area contributed by atoms with E-state index in [-0.39, 0.29) is 12.2 Å². The highest BCUT2D eigenvalue weighted by atomic mass is 19.3. The van der Waals surface area contributed by atoms with Gasteiger partial charge in [-0.1, -0.05) is 0 Å². The number of aryl methyl sites for hydroxylation is 1. The number of rotatable bonds is 7. The Morgan fingerprint density at radius 1 is 1.05 bits per heavy atom. The van der Waals surface area contributed by atoms with E-state index in [1.165, 1.54) is 30.7 Å². The maximum atomic E-state index is 15.1. The number of alkyl halides is 2. The van der Waals surface area contributed by atoms with E-state index in [2.05, 4.69) is 25.4 Å². The quantitative estimate of drug-likeness (QED) is 0.293. The summed E-state index contributed by atoms with van der Waals surface area (Å²) in [7, 11) is 3.06. The van der Waals surface area contributed by atoms with Gasteiger partial charge in [0, 0.05) is 43.0 Å². The van der Waals surface area contributed by atoms with Crippen LogP contribution in [-0.4, -0.2) is 68.7 Å². The highest BCUT2D eigenvalue weighted by molar-refractivity contribution is 5.96. The maximum absolute atomic E-state index is 15.1. The van der Waals surface area contributed by atoms with Crippen molar-refractivity contribution in [1.82, 2.24) is 29.5 Å². The van der Waals surface area contributed by atoms with Gasteiger partial charge >= 0.3 is 0 Å². The zero-order valence-electron chi connectivity index (χ0n) is 23.1. The van der Waals surface area contributed by atoms with E-state index in [0.717, 1.165) is 5.56 Å². The molecule has 1 saturated heterocycles. The number of fused-ring (bicyclic) bond motifs is 2. The Labute approximate surface area is 229 Å². The first-order valence-electron chi connectivity index (χ1n) is 13.1. The number of nitrogens with one attached hydrogen (secondary N) is 1. The lowest BCUT2D eigenvalue weighted by atomic mass is 10.0. The zero-order chi connectivity index (χ0) is 28.8. The molecule has 4 heterocycles. The van der Waals surface area contributed by atoms with Crippen LogP contribution in [0.2, 0.25) is 0 Å². The first-order chi connectivity index (χ1) is 19.6. The van der Waals surface area contributed by atoms with E-state index in [9.17, 15) is 0 Å². The summed E-state index contributed by atoms with van der Waals surface area (Å²) in [6, 6.07) is 12.2. The number of piperidine rings is 1. The lowest BCUT2D eigenvalue weighted by Crippen LogP contribution is -2.52. The summed E-state index contributed by atoms with van der Waals surface area (Å²) in [6.07, 6.45) is 1.93. The molecule has 1 atom stereocenters. The molecule has 3 aromatic heterocycles.